The Kier molecular flexibility index (Phi) is 5.14. The van der Waals surface area contributed by atoms with Gasteiger partial charge in [-0.05, 0) is 57.1 Å². The summed E-state index contributed by atoms with van der Waals surface area (Å²) in [5.74, 6) is 1.11. The second-order valence-electron chi connectivity index (χ2n) is 6.91. The van der Waals surface area contributed by atoms with Crippen LogP contribution in [0.4, 0.5) is 0 Å². The molecule has 2 heterocycles. The molecule has 1 aromatic rings. The summed E-state index contributed by atoms with van der Waals surface area (Å²) in [6.07, 6.45) is 6.51. The van der Waals surface area contributed by atoms with E-state index in [0.29, 0.717) is 18.4 Å². The van der Waals surface area contributed by atoms with E-state index in [1.807, 2.05) is 0 Å². The highest BCUT2D eigenvalue weighted by Gasteiger charge is 2.29. The van der Waals surface area contributed by atoms with Crippen molar-refractivity contribution in [2.75, 3.05) is 19.6 Å². The lowest BCUT2D eigenvalue weighted by Crippen LogP contribution is -2.43. The first-order chi connectivity index (χ1) is 10.7. The molecule has 3 nitrogen and oxygen atoms in total. The zero-order valence-electron chi connectivity index (χ0n) is 13.7. The molecule has 1 aromatic carbocycles. The van der Waals surface area contributed by atoms with Crippen molar-refractivity contribution in [3.05, 3.63) is 35.4 Å². The largest absolute Gasteiger partial charge is 0.343 e. The van der Waals surface area contributed by atoms with E-state index >= 15 is 0 Å². The fourth-order valence-corrected chi connectivity index (χ4v) is 3.83. The van der Waals surface area contributed by atoms with E-state index in [2.05, 4.69) is 41.4 Å². The van der Waals surface area contributed by atoms with E-state index in [9.17, 15) is 4.79 Å². The Morgan fingerprint density at radius 1 is 1.18 bits per heavy atom. The zero-order chi connectivity index (χ0) is 15.4. The summed E-state index contributed by atoms with van der Waals surface area (Å²) in [5.41, 5.74) is 2.54. The Morgan fingerprint density at radius 3 is 2.55 bits per heavy atom. The molecule has 1 N–H and O–H groups in total. The second-order valence-corrected chi connectivity index (χ2v) is 6.91. The van der Waals surface area contributed by atoms with Gasteiger partial charge in [-0.2, -0.15) is 0 Å². The minimum atomic E-state index is 0.332. The molecule has 0 radical (unpaired) electrons. The lowest BCUT2D eigenvalue weighted by Gasteiger charge is -2.35. The molecule has 1 unspecified atom stereocenters. The Bertz CT molecular complexity index is 483. The smallest absolute Gasteiger partial charge is 0.222 e. The predicted molar refractivity (Wildman–Crippen MR) is 89.8 cm³/mol. The van der Waals surface area contributed by atoms with E-state index in [-0.39, 0.29) is 0 Å². The van der Waals surface area contributed by atoms with Crippen molar-refractivity contribution in [2.45, 2.75) is 51.5 Å². The number of piperidine rings is 1. The van der Waals surface area contributed by atoms with Gasteiger partial charge in [0, 0.05) is 25.6 Å². The molecule has 0 spiro atoms. The van der Waals surface area contributed by atoms with Crippen LogP contribution < -0.4 is 5.32 Å². The van der Waals surface area contributed by atoms with Crippen LogP contribution in [0, 0.1) is 12.8 Å². The molecule has 3 heteroatoms. The Hall–Kier alpha value is -1.35. The molecular formula is C19H28N2O. The fourth-order valence-electron chi connectivity index (χ4n) is 3.83. The number of hydrogen-bond acceptors (Lipinski definition) is 2. The van der Waals surface area contributed by atoms with Gasteiger partial charge in [-0.25, -0.2) is 0 Å². The summed E-state index contributed by atoms with van der Waals surface area (Å²) in [6.45, 7) is 5.18. The first kappa shape index (κ1) is 15.5. The first-order valence-electron chi connectivity index (χ1n) is 8.79. The Balaban J connectivity index is 1.42. The van der Waals surface area contributed by atoms with Crippen LogP contribution in [0.15, 0.2) is 24.3 Å². The van der Waals surface area contributed by atoms with Crippen LogP contribution in [0.3, 0.4) is 0 Å². The molecule has 1 atom stereocenters. The third-order valence-corrected chi connectivity index (χ3v) is 5.31. The van der Waals surface area contributed by atoms with Gasteiger partial charge < -0.3 is 10.2 Å². The highest BCUT2D eigenvalue weighted by Crippen LogP contribution is 2.26. The number of amides is 1. The van der Waals surface area contributed by atoms with Crippen LogP contribution in [-0.2, 0) is 11.2 Å². The number of likely N-dealkylation sites (tertiary alicyclic amines) is 1. The molecule has 2 fully saturated rings. The molecule has 2 aliphatic rings. The Labute approximate surface area is 134 Å². The SMILES string of the molecule is Cc1ccc(CCC(=O)N2CCC(C3CCCN3)CC2)cc1. The average molecular weight is 300 g/mol. The number of nitrogens with zero attached hydrogens (tertiary/aromatic N) is 1. The number of rotatable bonds is 4. The average Bonchev–Trinajstić information content (AvgIpc) is 3.09. The van der Waals surface area contributed by atoms with Gasteiger partial charge >= 0.3 is 0 Å². The highest BCUT2D eigenvalue weighted by atomic mass is 16.2. The normalized spacial score (nSPS) is 23.0. The van der Waals surface area contributed by atoms with Crippen LogP contribution in [0.2, 0.25) is 0 Å². The maximum Gasteiger partial charge on any atom is 0.222 e. The molecule has 3 rings (SSSR count). The molecule has 0 bridgehead atoms. The van der Waals surface area contributed by atoms with Gasteiger partial charge in [0.05, 0.1) is 0 Å². The van der Waals surface area contributed by atoms with E-state index in [1.165, 1.54) is 43.4 Å². The molecule has 0 aromatic heterocycles. The summed E-state index contributed by atoms with van der Waals surface area (Å²) in [4.78, 5) is 14.5. The third kappa shape index (κ3) is 3.89. The van der Waals surface area contributed by atoms with Crippen LogP contribution in [0.5, 0.6) is 0 Å². The van der Waals surface area contributed by atoms with Crippen molar-refractivity contribution in [3.8, 4) is 0 Å². The van der Waals surface area contributed by atoms with Crippen molar-refractivity contribution in [2.24, 2.45) is 5.92 Å². The minimum absolute atomic E-state index is 0.332. The van der Waals surface area contributed by atoms with Gasteiger partial charge in [0.25, 0.3) is 0 Å². The summed E-state index contributed by atoms with van der Waals surface area (Å²) in [5, 5.41) is 3.62. The van der Waals surface area contributed by atoms with Crippen LogP contribution in [0.1, 0.15) is 43.2 Å². The number of hydrogen-bond donors (Lipinski definition) is 1. The number of benzene rings is 1. The number of carbonyl (C=O) groups is 1. The molecule has 2 aliphatic heterocycles. The van der Waals surface area contributed by atoms with E-state index < -0.39 is 0 Å². The van der Waals surface area contributed by atoms with Gasteiger partial charge in [0.15, 0.2) is 0 Å². The molecule has 1 amide bonds. The van der Waals surface area contributed by atoms with Crippen molar-refractivity contribution < 1.29 is 4.79 Å². The standard InChI is InChI=1S/C19H28N2O/c1-15-4-6-16(7-5-15)8-9-19(22)21-13-10-17(11-14-21)18-3-2-12-20-18/h4-7,17-18,20H,2-3,8-14H2,1H3. The van der Waals surface area contributed by atoms with Crippen molar-refractivity contribution >= 4 is 5.91 Å². The van der Waals surface area contributed by atoms with E-state index in [4.69, 9.17) is 0 Å². The van der Waals surface area contributed by atoms with E-state index in [0.717, 1.165) is 25.4 Å². The molecular weight excluding hydrogens is 272 g/mol. The quantitative estimate of drug-likeness (QED) is 0.927. The van der Waals surface area contributed by atoms with Gasteiger partial charge in [-0.1, -0.05) is 29.8 Å². The van der Waals surface area contributed by atoms with Crippen LogP contribution in [0.25, 0.3) is 0 Å². The van der Waals surface area contributed by atoms with Crippen molar-refractivity contribution in [3.63, 3.8) is 0 Å². The van der Waals surface area contributed by atoms with E-state index in [1.54, 1.807) is 0 Å². The monoisotopic (exact) mass is 300 g/mol. The second kappa shape index (κ2) is 7.28. The molecule has 2 saturated heterocycles. The summed E-state index contributed by atoms with van der Waals surface area (Å²) < 4.78 is 0. The van der Waals surface area contributed by atoms with Gasteiger partial charge in [-0.15, -0.1) is 0 Å². The van der Waals surface area contributed by atoms with Crippen molar-refractivity contribution in [1.29, 1.82) is 0 Å². The maximum absolute atomic E-state index is 12.4. The lowest BCUT2D eigenvalue weighted by atomic mass is 9.88. The van der Waals surface area contributed by atoms with Gasteiger partial charge in [-0.3, -0.25) is 4.79 Å². The minimum Gasteiger partial charge on any atom is -0.343 e. The summed E-state index contributed by atoms with van der Waals surface area (Å²) in [7, 11) is 0. The first-order valence-corrected chi connectivity index (χ1v) is 8.79. The number of nitrogens with one attached hydrogen (secondary N) is 1. The third-order valence-electron chi connectivity index (χ3n) is 5.31. The highest BCUT2D eigenvalue weighted by molar-refractivity contribution is 5.76. The van der Waals surface area contributed by atoms with Gasteiger partial charge in [0.2, 0.25) is 5.91 Å². The van der Waals surface area contributed by atoms with Crippen LogP contribution >= 0.6 is 0 Å². The predicted octanol–water partition coefficient (Wildman–Crippen LogP) is 2.92. The van der Waals surface area contributed by atoms with Crippen LogP contribution in [-0.4, -0.2) is 36.5 Å². The summed E-state index contributed by atoms with van der Waals surface area (Å²) >= 11 is 0. The van der Waals surface area contributed by atoms with Crippen molar-refractivity contribution in [1.82, 2.24) is 10.2 Å². The molecule has 0 saturated carbocycles. The number of aryl methyl sites for hydroxylation is 2. The summed E-state index contributed by atoms with van der Waals surface area (Å²) in [6, 6.07) is 9.24. The molecule has 120 valence electrons. The fraction of sp³-hybridized carbons (Fsp3) is 0.632. The molecule has 22 heavy (non-hydrogen) atoms. The van der Waals surface area contributed by atoms with Gasteiger partial charge in [0.1, 0.15) is 0 Å². The topological polar surface area (TPSA) is 32.3 Å². The maximum atomic E-state index is 12.4. The molecule has 0 aliphatic carbocycles. The lowest BCUT2D eigenvalue weighted by molar-refractivity contribution is -0.132. The zero-order valence-corrected chi connectivity index (χ0v) is 13.7. The number of carbonyl (C=O) groups excluding carboxylic acids is 1. The Morgan fingerprint density at radius 2 is 1.91 bits per heavy atom.